The molecule has 10 rings (SSSR count). The lowest BCUT2D eigenvalue weighted by Gasteiger charge is -2.29. The Labute approximate surface area is 320 Å². The van der Waals surface area contributed by atoms with Crippen LogP contribution in [0.25, 0.3) is 55.0 Å². The molecule has 0 amide bonds. The molecule has 0 aliphatic heterocycles. The summed E-state index contributed by atoms with van der Waals surface area (Å²) in [7, 11) is 0. The van der Waals surface area contributed by atoms with E-state index < -0.39 is 0 Å². The Hall–Kier alpha value is -7.36. The third kappa shape index (κ3) is 5.80. The molecule has 0 bridgehead atoms. The first-order valence-corrected chi connectivity index (χ1v) is 18.7. The van der Waals surface area contributed by atoms with E-state index in [0.29, 0.717) is 0 Å². The van der Waals surface area contributed by atoms with Crippen molar-refractivity contribution in [3.63, 3.8) is 0 Å². The minimum Gasteiger partial charge on any atom is -0.454 e. The summed E-state index contributed by atoms with van der Waals surface area (Å²) in [5, 5.41) is 4.59. The van der Waals surface area contributed by atoms with Gasteiger partial charge in [-0.1, -0.05) is 158 Å². The Bertz CT molecular complexity index is 2920. The van der Waals surface area contributed by atoms with Crippen LogP contribution in [0.15, 0.2) is 223 Å². The van der Waals surface area contributed by atoms with Crippen LogP contribution in [0, 0.1) is 0 Å². The van der Waals surface area contributed by atoms with Gasteiger partial charge in [0.05, 0.1) is 17.1 Å². The van der Waals surface area contributed by atoms with Gasteiger partial charge in [-0.3, -0.25) is 0 Å². The Morgan fingerprint density at radius 3 is 1.55 bits per heavy atom. The summed E-state index contributed by atoms with van der Waals surface area (Å²) in [5.74, 6) is 0. The maximum absolute atomic E-state index is 6.53. The molecule has 9 aromatic carbocycles. The van der Waals surface area contributed by atoms with Crippen molar-refractivity contribution in [1.29, 1.82) is 0 Å². The highest BCUT2D eigenvalue weighted by Crippen LogP contribution is 2.46. The van der Waals surface area contributed by atoms with E-state index in [1.807, 2.05) is 12.1 Å². The predicted octanol–water partition coefficient (Wildman–Crippen LogP) is 15.0. The van der Waals surface area contributed by atoms with Crippen LogP contribution in [0.4, 0.5) is 34.1 Å². The van der Waals surface area contributed by atoms with Crippen LogP contribution in [-0.2, 0) is 0 Å². The van der Waals surface area contributed by atoms with Crippen molar-refractivity contribution < 1.29 is 4.42 Å². The van der Waals surface area contributed by atoms with Gasteiger partial charge in [-0.15, -0.1) is 0 Å². The maximum atomic E-state index is 6.53. The molecule has 0 radical (unpaired) electrons. The first kappa shape index (κ1) is 32.3. The predicted molar refractivity (Wildman–Crippen MR) is 231 cm³/mol. The molecule has 0 spiro atoms. The smallest absolute Gasteiger partial charge is 0.159 e. The van der Waals surface area contributed by atoms with Crippen LogP contribution >= 0.6 is 0 Å². The van der Waals surface area contributed by atoms with Gasteiger partial charge in [0.15, 0.2) is 5.58 Å². The molecule has 0 aliphatic carbocycles. The normalized spacial score (nSPS) is 11.3. The van der Waals surface area contributed by atoms with E-state index >= 15 is 0 Å². The van der Waals surface area contributed by atoms with Gasteiger partial charge in [0.25, 0.3) is 0 Å². The van der Waals surface area contributed by atoms with Crippen molar-refractivity contribution in [2.75, 3.05) is 9.80 Å². The van der Waals surface area contributed by atoms with Crippen LogP contribution in [0.5, 0.6) is 0 Å². The molecule has 10 aromatic rings. The van der Waals surface area contributed by atoms with E-state index in [-0.39, 0.29) is 0 Å². The molecule has 0 N–H and O–H groups in total. The Kier molecular flexibility index (Phi) is 8.16. The summed E-state index contributed by atoms with van der Waals surface area (Å²) >= 11 is 0. The highest BCUT2D eigenvalue weighted by molar-refractivity contribution is 6.11. The van der Waals surface area contributed by atoms with E-state index in [1.165, 1.54) is 27.5 Å². The molecule has 55 heavy (non-hydrogen) atoms. The number of hydrogen-bond donors (Lipinski definition) is 0. The van der Waals surface area contributed by atoms with E-state index in [4.69, 9.17) is 4.42 Å². The molecule has 260 valence electrons. The average Bonchev–Trinajstić information content (AvgIpc) is 3.65. The SMILES string of the molecule is c1ccc(-c2ccccc2N(c2ccccc2)c2ccc(-c3ccc(N(c4ccccc4)c4cccc5c4oc4ccccc45)cc3)c3ccccc23)cc1. The second kappa shape index (κ2) is 13.9. The van der Waals surface area contributed by atoms with Gasteiger partial charge >= 0.3 is 0 Å². The van der Waals surface area contributed by atoms with Crippen molar-refractivity contribution in [3.05, 3.63) is 218 Å². The number of furan rings is 1. The van der Waals surface area contributed by atoms with Crippen LogP contribution < -0.4 is 9.80 Å². The van der Waals surface area contributed by atoms with Gasteiger partial charge in [-0.2, -0.15) is 0 Å². The Morgan fingerprint density at radius 2 is 0.800 bits per heavy atom. The fourth-order valence-corrected chi connectivity index (χ4v) is 7.95. The molecule has 3 nitrogen and oxygen atoms in total. The highest BCUT2D eigenvalue weighted by atomic mass is 16.3. The van der Waals surface area contributed by atoms with E-state index in [9.17, 15) is 0 Å². The number of nitrogens with zero attached hydrogens (tertiary/aromatic N) is 2. The minimum absolute atomic E-state index is 0.870. The summed E-state index contributed by atoms with van der Waals surface area (Å²) in [6, 6.07) is 77.4. The molecule has 0 atom stereocenters. The third-order valence-electron chi connectivity index (χ3n) is 10.5. The summed E-state index contributed by atoms with van der Waals surface area (Å²) in [4.78, 5) is 4.69. The lowest BCUT2D eigenvalue weighted by atomic mass is 9.95. The number of fused-ring (bicyclic) bond motifs is 4. The Morgan fingerprint density at radius 1 is 0.273 bits per heavy atom. The lowest BCUT2D eigenvalue weighted by molar-refractivity contribution is 0.669. The standard InChI is InChI=1S/C52H36N2O/c1-4-17-37(18-5-1)43-23-12-14-28-48(43)54(40-21-8-3-9-22-40)49-36-35-42(44-24-10-11-25-45(44)49)38-31-33-41(34-32-38)53(39-19-6-2-7-20-39)50-29-16-27-47-46-26-13-15-30-51(46)55-52(47)50/h1-36H. The number of hydrogen-bond acceptors (Lipinski definition) is 3. The zero-order valence-electron chi connectivity index (χ0n) is 30.1. The van der Waals surface area contributed by atoms with Gasteiger partial charge < -0.3 is 14.2 Å². The van der Waals surface area contributed by atoms with Gasteiger partial charge in [0.1, 0.15) is 5.58 Å². The van der Waals surface area contributed by atoms with Crippen molar-refractivity contribution in [2.24, 2.45) is 0 Å². The van der Waals surface area contributed by atoms with Crippen LogP contribution in [0.1, 0.15) is 0 Å². The summed E-state index contributed by atoms with van der Waals surface area (Å²) < 4.78 is 6.53. The maximum Gasteiger partial charge on any atom is 0.159 e. The molecule has 0 fully saturated rings. The van der Waals surface area contributed by atoms with E-state index in [0.717, 1.165) is 61.6 Å². The van der Waals surface area contributed by atoms with E-state index in [2.05, 4.69) is 216 Å². The number of benzene rings is 9. The first-order valence-electron chi connectivity index (χ1n) is 18.7. The van der Waals surface area contributed by atoms with E-state index in [1.54, 1.807) is 0 Å². The number of anilines is 6. The largest absolute Gasteiger partial charge is 0.454 e. The molecule has 0 saturated carbocycles. The van der Waals surface area contributed by atoms with Crippen LogP contribution in [0.3, 0.4) is 0 Å². The number of para-hydroxylation sites is 5. The average molecular weight is 705 g/mol. The molecule has 0 aliphatic rings. The third-order valence-corrected chi connectivity index (χ3v) is 10.5. The van der Waals surface area contributed by atoms with Gasteiger partial charge in [-0.05, 0) is 82.7 Å². The van der Waals surface area contributed by atoms with Gasteiger partial charge in [0.2, 0.25) is 0 Å². The zero-order valence-corrected chi connectivity index (χ0v) is 30.1. The minimum atomic E-state index is 0.870. The summed E-state index contributed by atoms with van der Waals surface area (Å²) in [5.41, 5.74) is 12.9. The van der Waals surface area contributed by atoms with Crippen molar-refractivity contribution in [1.82, 2.24) is 0 Å². The fourth-order valence-electron chi connectivity index (χ4n) is 7.95. The molecular weight excluding hydrogens is 669 g/mol. The Balaban J connectivity index is 1.10. The molecule has 1 heterocycles. The van der Waals surface area contributed by atoms with Crippen molar-refractivity contribution in [3.8, 4) is 22.3 Å². The van der Waals surface area contributed by atoms with Crippen molar-refractivity contribution in [2.45, 2.75) is 0 Å². The summed E-state index contributed by atoms with van der Waals surface area (Å²) in [6.07, 6.45) is 0. The van der Waals surface area contributed by atoms with Gasteiger partial charge in [0, 0.05) is 38.8 Å². The quantitative estimate of drug-likeness (QED) is 0.157. The molecule has 3 heteroatoms. The molecule has 0 unspecified atom stereocenters. The zero-order chi connectivity index (χ0) is 36.6. The summed E-state index contributed by atoms with van der Waals surface area (Å²) in [6.45, 7) is 0. The second-order valence-electron chi connectivity index (χ2n) is 13.7. The molecule has 1 aromatic heterocycles. The molecule has 0 saturated heterocycles. The molecular formula is C52H36N2O. The fraction of sp³-hybridized carbons (Fsp3) is 0. The number of rotatable bonds is 8. The first-order chi connectivity index (χ1) is 27.3. The van der Waals surface area contributed by atoms with Crippen molar-refractivity contribution >= 4 is 66.8 Å². The monoisotopic (exact) mass is 704 g/mol. The van der Waals surface area contributed by atoms with Gasteiger partial charge in [-0.25, -0.2) is 0 Å². The van der Waals surface area contributed by atoms with Crippen LogP contribution in [0.2, 0.25) is 0 Å². The lowest BCUT2D eigenvalue weighted by Crippen LogP contribution is -2.11. The highest BCUT2D eigenvalue weighted by Gasteiger charge is 2.22. The van der Waals surface area contributed by atoms with Crippen LogP contribution in [-0.4, -0.2) is 0 Å². The second-order valence-corrected chi connectivity index (χ2v) is 13.7. The topological polar surface area (TPSA) is 19.6 Å².